The maximum Gasteiger partial charge on any atom is 0.382 e. The molecule has 1 N–H and O–H groups in total. The molecular weight excluding hydrogens is 306 g/mol. The Kier molecular flexibility index (Phi) is 3.59. The Morgan fingerprint density at radius 1 is 1.18 bits per heavy atom. The number of carbonyl (C=O) groups excluding carboxylic acids is 1. The first-order valence-corrected chi connectivity index (χ1v) is 7.91. The smallest absolute Gasteiger partial charge is 0.382 e. The van der Waals surface area contributed by atoms with Gasteiger partial charge in [-0.05, 0) is 17.7 Å². The lowest BCUT2D eigenvalue weighted by Gasteiger charge is -2.20. The number of methoxy groups -OCH3 is 1. The van der Waals surface area contributed by atoms with E-state index in [0.29, 0.717) is 16.9 Å². The Labute approximate surface area is 127 Å². The second kappa shape index (κ2) is 5.43. The average molecular weight is 319 g/mol. The van der Waals surface area contributed by atoms with Crippen molar-refractivity contribution in [1.82, 2.24) is 4.72 Å². The fourth-order valence-electron chi connectivity index (χ4n) is 2.26. The third kappa shape index (κ3) is 2.68. The molecule has 1 aliphatic heterocycles. The quantitative estimate of drug-likeness (QED) is 0.855. The van der Waals surface area contributed by atoms with Gasteiger partial charge in [-0.1, -0.05) is 30.3 Å². The summed E-state index contributed by atoms with van der Waals surface area (Å²) < 4.78 is 35.2. The summed E-state index contributed by atoms with van der Waals surface area (Å²) in [5, 5.41) is 0. The van der Waals surface area contributed by atoms with E-state index in [1.807, 2.05) is 6.07 Å². The maximum atomic E-state index is 11.6. The highest BCUT2D eigenvalue weighted by atomic mass is 32.2. The summed E-state index contributed by atoms with van der Waals surface area (Å²) in [5.41, 5.74) is 2.58. The van der Waals surface area contributed by atoms with Gasteiger partial charge in [0.25, 0.3) is 0 Å². The molecule has 7 heteroatoms. The van der Waals surface area contributed by atoms with Crippen LogP contribution in [-0.2, 0) is 21.6 Å². The molecule has 0 amide bonds. The standard InChI is InChI=1S/C15H13NO5S/c1-20-15(17)11-7-5-10(6-8-11)13-4-2-3-12-9-16-22(18,19)21-14(12)13/h2-8,16H,9H2,1H3. The molecule has 0 bridgehead atoms. The van der Waals surface area contributed by atoms with Gasteiger partial charge in [0.05, 0.1) is 12.7 Å². The highest BCUT2D eigenvalue weighted by Gasteiger charge is 2.24. The van der Waals surface area contributed by atoms with Crippen LogP contribution in [0.1, 0.15) is 15.9 Å². The van der Waals surface area contributed by atoms with Crippen molar-refractivity contribution in [3.63, 3.8) is 0 Å². The highest BCUT2D eigenvalue weighted by Crippen LogP contribution is 2.36. The van der Waals surface area contributed by atoms with Gasteiger partial charge in [-0.2, -0.15) is 13.1 Å². The van der Waals surface area contributed by atoms with Gasteiger partial charge in [-0.15, -0.1) is 0 Å². The van der Waals surface area contributed by atoms with Crippen LogP contribution >= 0.6 is 0 Å². The minimum Gasteiger partial charge on any atom is -0.465 e. The number of para-hydroxylation sites is 1. The Bertz CT molecular complexity index is 828. The van der Waals surface area contributed by atoms with Crippen LogP contribution in [0.3, 0.4) is 0 Å². The van der Waals surface area contributed by atoms with Crippen LogP contribution in [0.2, 0.25) is 0 Å². The van der Waals surface area contributed by atoms with Crippen molar-refractivity contribution in [2.45, 2.75) is 6.54 Å². The third-order valence-corrected chi connectivity index (χ3v) is 4.23. The normalized spacial score (nSPS) is 15.5. The average Bonchev–Trinajstić information content (AvgIpc) is 2.53. The van der Waals surface area contributed by atoms with E-state index in [4.69, 9.17) is 4.18 Å². The van der Waals surface area contributed by atoms with Gasteiger partial charge in [0.2, 0.25) is 0 Å². The summed E-state index contributed by atoms with van der Waals surface area (Å²) in [6.07, 6.45) is 0. The summed E-state index contributed by atoms with van der Waals surface area (Å²) in [5.74, 6) is -0.114. The largest absolute Gasteiger partial charge is 0.465 e. The van der Waals surface area contributed by atoms with Crippen LogP contribution < -0.4 is 8.91 Å². The molecule has 0 spiro atoms. The maximum absolute atomic E-state index is 11.6. The Morgan fingerprint density at radius 3 is 2.59 bits per heavy atom. The number of ether oxygens (including phenoxy) is 1. The van der Waals surface area contributed by atoms with E-state index in [-0.39, 0.29) is 6.54 Å². The molecule has 2 aromatic carbocycles. The molecule has 6 nitrogen and oxygen atoms in total. The molecule has 0 saturated heterocycles. The predicted octanol–water partition coefficient (Wildman–Crippen LogP) is 1.87. The molecule has 1 heterocycles. The highest BCUT2D eigenvalue weighted by molar-refractivity contribution is 7.85. The van der Waals surface area contributed by atoms with Gasteiger partial charge >= 0.3 is 16.3 Å². The van der Waals surface area contributed by atoms with Gasteiger partial charge in [0.1, 0.15) is 0 Å². The molecule has 0 aliphatic carbocycles. The summed E-state index contributed by atoms with van der Waals surface area (Å²) in [6.45, 7) is 0.186. The lowest BCUT2D eigenvalue weighted by molar-refractivity contribution is 0.0600. The fraction of sp³-hybridized carbons (Fsp3) is 0.133. The zero-order chi connectivity index (χ0) is 15.7. The molecule has 1 aliphatic rings. The number of rotatable bonds is 2. The van der Waals surface area contributed by atoms with Crippen LogP contribution in [0.5, 0.6) is 5.75 Å². The summed E-state index contributed by atoms with van der Waals surface area (Å²) in [7, 11) is -2.46. The van der Waals surface area contributed by atoms with Crippen LogP contribution in [0.4, 0.5) is 0 Å². The zero-order valence-electron chi connectivity index (χ0n) is 11.7. The van der Waals surface area contributed by atoms with Gasteiger partial charge in [-0.25, -0.2) is 4.79 Å². The number of hydrogen-bond acceptors (Lipinski definition) is 5. The van der Waals surface area contributed by atoms with Gasteiger partial charge < -0.3 is 8.92 Å². The lowest BCUT2D eigenvalue weighted by atomic mass is 10.0. The van der Waals surface area contributed by atoms with Gasteiger partial charge in [0.15, 0.2) is 5.75 Å². The Morgan fingerprint density at radius 2 is 1.91 bits per heavy atom. The number of benzene rings is 2. The van der Waals surface area contributed by atoms with Crippen LogP contribution in [0.15, 0.2) is 42.5 Å². The zero-order valence-corrected chi connectivity index (χ0v) is 12.5. The second-order valence-corrected chi connectivity index (χ2v) is 6.08. The monoisotopic (exact) mass is 319 g/mol. The predicted molar refractivity (Wildman–Crippen MR) is 79.6 cm³/mol. The van der Waals surface area contributed by atoms with Gasteiger partial charge in [0, 0.05) is 17.7 Å². The third-order valence-electron chi connectivity index (χ3n) is 3.35. The van der Waals surface area contributed by atoms with Crippen molar-refractivity contribution in [2.24, 2.45) is 0 Å². The number of nitrogens with one attached hydrogen (secondary N) is 1. The van der Waals surface area contributed by atoms with Crippen molar-refractivity contribution in [1.29, 1.82) is 0 Å². The van der Waals surface area contributed by atoms with Crippen molar-refractivity contribution in [3.05, 3.63) is 53.6 Å². The summed E-state index contributed by atoms with van der Waals surface area (Å²) >= 11 is 0. The van der Waals surface area contributed by atoms with Crippen LogP contribution in [0.25, 0.3) is 11.1 Å². The number of fused-ring (bicyclic) bond motifs is 1. The molecule has 22 heavy (non-hydrogen) atoms. The molecule has 0 fully saturated rings. The van der Waals surface area contributed by atoms with E-state index in [1.165, 1.54) is 7.11 Å². The molecule has 0 radical (unpaired) electrons. The number of esters is 1. The Hall–Kier alpha value is -2.38. The molecule has 0 aromatic heterocycles. The molecule has 0 unspecified atom stereocenters. The minimum absolute atomic E-state index is 0.186. The van der Waals surface area contributed by atoms with Crippen molar-refractivity contribution in [2.75, 3.05) is 7.11 Å². The molecule has 0 saturated carbocycles. The topological polar surface area (TPSA) is 81.7 Å². The molecule has 114 valence electrons. The molecular formula is C15H13NO5S. The SMILES string of the molecule is COC(=O)c1ccc(-c2cccc3c2OS(=O)(=O)NC3)cc1. The summed E-state index contributed by atoms with van der Waals surface area (Å²) in [6, 6.07) is 12.1. The van der Waals surface area contributed by atoms with Crippen molar-refractivity contribution in [3.8, 4) is 16.9 Å². The molecule has 0 atom stereocenters. The minimum atomic E-state index is -3.78. The number of carbonyl (C=O) groups is 1. The van der Waals surface area contributed by atoms with E-state index in [2.05, 4.69) is 9.46 Å². The first-order valence-electron chi connectivity index (χ1n) is 6.50. The van der Waals surface area contributed by atoms with Crippen molar-refractivity contribution >= 4 is 16.3 Å². The second-order valence-electron chi connectivity index (χ2n) is 4.72. The lowest BCUT2D eigenvalue weighted by Crippen LogP contribution is -2.32. The first kappa shape index (κ1) is 14.6. The summed E-state index contributed by atoms with van der Waals surface area (Å²) in [4.78, 5) is 11.4. The molecule has 3 rings (SSSR count). The molecule has 2 aromatic rings. The number of hydrogen-bond donors (Lipinski definition) is 1. The van der Waals surface area contributed by atoms with Crippen LogP contribution in [-0.4, -0.2) is 21.5 Å². The van der Waals surface area contributed by atoms with E-state index < -0.39 is 16.3 Å². The van der Waals surface area contributed by atoms with E-state index in [1.54, 1.807) is 36.4 Å². The van der Waals surface area contributed by atoms with E-state index in [0.717, 1.165) is 11.1 Å². The first-order chi connectivity index (χ1) is 10.5. The van der Waals surface area contributed by atoms with E-state index >= 15 is 0 Å². The van der Waals surface area contributed by atoms with E-state index in [9.17, 15) is 13.2 Å². The van der Waals surface area contributed by atoms with Gasteiger partial charge in [-0.3, -0.25) is 0 Å². The van der Waals surface area contributed by atoms with Crippen molar-refractivity contribution < 1.29 is 22.1 Å². The van der Waals surface area contributed by atoms with Crippen LogP contribution in [0, 0.1) is 0 Å². The fourth-order valence-corrected chi connectivity index (χ4v) is 3.07. The Balaban J connectivity index is 2.04.